The minimum atomic E-state index is -1.91. The van der Waals surface area contributed by atoms with Gasteiger partial charge in [0.15, 0.2) is 0 Å². The lowest BCUT2D eigenvalue weighted by atomic mass is 10.3. The molecule has 0 bridgehead atoms. The number of hydrogen-bond acceptors (Lipinski definition) is 2. The van der Waals surface area contributed by atoms with Gasteiger partial charge in [0.25, 0.3) is 3.79 Å². The summed E-state index contributed by atoms with van der Waals surface area (Å²) in [5.41, 5.74) is 0. The second-order valence-electron chi connectivity index (χ2n) is 1.81. The zero-order chi connectivity index (χ0) is 9.78. The topological polar surface area (TPSA) is 26.3 Å². The Hall–Kier alpha value is 0.560. The van der Waals surface area contributed by atoms with Crippen LogP contribution in [-0.2, 0) is 9.53 Å². The predicted octanol–water partition coefficient (Wildman–Crippen LogP) is 2.85. The molecule has 0 aliphatic heterocycles. The van der Waals surface area contributed by atoms with Crippen molar-refractivity contribution >= 4 is 56.5 Å². The fourth-order valence-electron chi connectivity index (χ4n) is 0.380. The molecule has 0 aromatic carbocycles. The van der Waals surface area contributed by atoms with Crippen molar-refractivity contribution in [3.05, 3.63) is 11.8 Å². The van der Waals surface area contributed by atoms with Gasteiger partial charge in [-0.3, -0.25) is 4.79 Å². The van der Waals surface area contributed by atoms with Crippen LogP contribution in [0.25, 0.3) is 0 Å². The number of alkyl halides is 4. The van der Waals surface area contributed by atoms with Crippen LogP contribution >= 0.6 is 50.7 Å². The summed E-state index contributed by atoms with van der Waals surface area (Å²) in [5.74, 6) is -0.213. The molecular formula is C6H6BrCl3O2. The number of carbonyl (C=O) groups excluding carboxylic acids is 1. The van der Waals surface area contributed by atoms with Crippen LogP contribution in [0.1, 0.15) is 0 Å². The first kappa shape index (κ1) is 12.6. The highest BCUT2D eigenvalue weighted by Gasteiger charge is 2.28. The maximum atomic E-state index is 11.0. The van der Waals surface area contributed by atoms with Gasteiger partial charge in [-0.2, -0.15) is 0 Å². The lowest BCUT2D eigenvalue weighted by Crippen LogP contribution is -2.16. The molecule has 0 heterocycles. The largest absolute Gasteiger partial charge is 0.500 e. The van der Waals surface area contributed by atoms with Crippen LogP contribution in [0.5, 0.6) is 0 Å². The van der Waals surface area contributed by atoms with Crippen LogP contribution in [0, 0.1) is 0 Å². The zero-order valence-electron chi connectivity index (χ0n) is 6.11. The van der Waals surface area contributed by atoms with Crippen LogP contribution in [0.3, 0.4) is 0 Å². The molecule has 0 saturated heterocycles. The Labute approximate surface area is 93.9 Å². The molecule has 0 atom stereocenters. The molecule has 70 valence electrons. The quantitative estimate of drug-likeness (QED) is 0.455. The van der Waals surface area contributed by atoms with Crippen LogP contribution in [0.15, 0.2) is 11.8 Å². The van der Waals surface area contributed by atoms with E-state index in [0.717, 1.165) is 6.08 Å². The molecule has 12 heavy (non-hydrogen) atoms. The van der Waals surface area contributed by atoms with E-state index in [1.54, 1.807) is 0 Å². The number of allylic oxidation sites excluding steroid dienone is 2. The standard InChI is InChI=1S/C6H6BrCl3O2/c1-12-4(3-7)2-5(11)6(8,9)10/h2H,3H2,1H3. The zero-order valence-corrected chi connectivity index (χ0v) is 9.97. The maximum absolute atomic E-state index is 11.0. The molecule has 6 heteroatoms. The first-order valence-electron chi connectivity index (χ1n) is 2.83. The normalized spacial score (nSPS) is 12.9. The van der Waals surface area contributed by atoms with Gasteiger partial charge in [0.05, 0.1) is 12.4 Å². The number of ketones is 1. The number of hydrogen-bond donors (Lipinski definition) is 0. The van der Waals surface area contributed by atoms with Crippen molar-refractivity contribution in [2.45, 2.75) is 3.79 Å². The molecule has 0 N–H and O–H groups in total. The van der Waals surface area contributed by atoms with Crippen molar-refractivity contribution in [2.75, 3.05) is 12.4 Å². The molecule has 0 aliphatic carbocycles. The van der Waals surface area contributed by atoms with Crippen molar-refractivity contribution in [1.82, 2.24) is 0 Å². The van der Waals surface area contributed by atoms with Crippen LogP contribution < -0.4 is 0 Å². The third kappa shape index (κ3) is 4.55. The molecular weight excluding hydrogens is 290 g/mol. The summed E-state index contributed by atoms with van der Waals surface area (Å²) in [5, 5.41) is 0.399. The van der Waals surface area contributed by atoms with Gasteiger partial charge in [-0.1, -0.05) is 50.7 Å². The van der Waals surface area contributed by atoms with Gasteiger partial charge in [-0.15, -0.1) is 0 Å². The molecule has 0 unspecified atom stereocenters. The van der Waals surface area contributed by atoms with Crippen LogP contribution in [-0.4, -0.2) is 22.0 Å². The number of ether oxygens (including phenoxy) is 1. The van der Waals surface area contributed by atoms with E-state index in [0.29, 0.717) is 11.1 Å². The molecule has 0 aromatic rings. The van der Waals surface area contributed by atoms with Gasteiger partial charge < -0.3 is 4.74 Å². The summed E-state index contributed by atoms with van der Waals surface area (Å²) in [7, 11) is 1.43. The third-order valence-corrected chi connectivity index (χ3v) is 2.08. The van der Waals surface area contributed by atoms with Gasteiger partial charge in [0, 0.05) is 6.08 Å². The predicted molar refractivity (Wildman–Crippen MR) is 54.2 cm³/mol. The first-order valence-corrected chi connectivity index (χ1v) is 5.09. The third-order valence-electron chi connectivity index (χ3n) is 0.965. The number of halogens is 4. The monoisotopic (exact) mass is 294 g/mol. The fraction of sp³-hybridized carbons (Fsp3) is 0.500. The summed E-state index contributed by atoms with van der Waals surface area (Å²) >= 11 is 19.0. The van der Waals surface area contributed by atoms with Gasteiger partial charge >= 0.3 is 0 Å². The average Bonchev–Trinajstić information content (AvgIpc) is 1.97. The second kappa shape index (κ2) is 5.32. The Kier molecular flexibility index (Phi) is 5.57. The van der Waals surface area contributed by atoms with E-state index in [1.807, 2.05) is 0 Å². The minimum absolute atomic E-state index is 0.399. The van der Waals surface area contributed by atoms with E-state index in [9.17, 15) is 4.79 Å². The van der Waals surface area contributed by atoms with E-state index in [-0.39, 0.29) is 0 Å². The SMILES string of the molecule is COC(=CC(=O)C(Cl)(Cl)Cl)CBr. The van der Waals surface area contributed by atoms with Crippen molar-refractivity contribution in [1.29, 1.82) is 0 Å². The van der Waals surface area contributed by atoms with E-state index in [4.69, 9.17) is 39.5 Å². The highest BCUT2D eigenvalue weighted by atomic mass is 79.9. The smallest absolute Gasteiger partial charge is 0.252 e. The maximum Gasteiger partial charge on any atom is 0.252 e. The molecule has 0 radical (unpaired) electrons. The van der Waals surface area contributed by atoms with Crippen LogP contribution in [0.4, 0.5) is 0 Å². The molecule has 0 saturated carbocycles. The van der Waals surface area contributed by atoms with E-state index >= 15 is 0 Å². The van der Waals surface area contributed by atoms with Crippen LogP contribution in [0.2, 0.25) is 0 Å². The first-order chi connectivity index (χ1) is 5.41. The Balaban J connectivity index is 4.42. The highest BCUT2D eigenvalue weighted by molar-refractivity contribution is 9.09. The summed E-state index contributed by atoms with van der Waals surface area (Å²) in [6.45, 7) is 0. The Morgan fingerprint density at radius 3 is 2.33 bits per heavy atom. The molecule has 2 nitrogen and oxygen atoms in total. The Morgan fingerprint density at radius 2 is 2.08 bits per heavy atom. The van der Waals surface area contributed by atoms with Crippen molar-refractivity contribution in [2.24, 2.45) is 0 Å². The van der Waals surface area contributed by atoms with Crippen molar-refractivity contribution in [3.63, 3.8) is 0 Å². The summed E-state index contributed by atoms with van der Waals surface area (Å²) in [6.07, 6.45) is 1.14. The van der Waals surface area contributed by atoms with Gasteiger partial charge in [-0.05, 0) is 0 Å². The van der Waals surface area contributed by atoms with Gasteiger partial charge in [-0.25, -0.2) is 0 Å². The second-order valence-corrected chi connectivity index (χ2v) is 4.65. The lowest BCUT2D eigenvalue weighted by molar-refractivity contribution is -0.114. The van der Waals surface area contributed by atoms with Gasteiger partial charge in [0.1, 0.15) is 5.76 Å². The molecule has 0 fully saturated rings. The number of carbonyl (C=O) groups is 1. The van der Waals surface area contributed by atoms with E-state index in [2.05, 4.69) is 15.9 Å². The van der Waals surface area contributed by atoms with E-state index < -0.39 is 9.58 Å². The highest BCUT2D eigenvalue weighted by Crippen LogP contribution is 2.28. The Morgan fingerprint density at radius 1 is 1.58 bits per heavy atom. The van der Waals surface area contributed by atoms with Gasteiger partial charge in [0.2, 0.25) is 5.78 Å². The molecule has 0 spiro atoms. The van der Waals surface area contributed by atoms with E-state index in [1.165, 1.54) is 7.11 Å². The summed E-state index contributed by atoms with van der Waals surface area (Å²) in [4.78, 5) is 11.0. The average molecular weight is 296 g/mol. The lowest BCUT2D eigenvalue weighted by Gasteiger charge is -2.06. The minimum Gasteiger partial charge on any atom is -0.500 e. The molecule has 0 amide bonds. The fourth-order valence-corrected chi connectivity index (χ4v) is 0.935. The Bertz CT molecular complexity index is 191. The summed E-state index contributed by atoms with van der Waals surface area (Å²) < 4.78 is 2.87. The number of methoxy groups -OCH3 is 1. The molecule has 0 rings (SSSR count). The van der Waals surface area contributed by atoms with Crippen molar-refractivity contribution in [3.8, 4) is 0 Å². The summed E-state index contributed by atoms with van der Waals surface area (Å²) in [6, 6.07) is 0. The molecule has 0 aromatic heterocycles. The molecule has 0 aliphatic rings. The number of rotatable bonds is 3. The van der Waals surface area contributed by atoms with Crippen molar-refractivity contribution < 1.29 is 9.53 Å².